The molecular weight excluding hydrogens is 422 g/mol. The summed E-state index contributed by atoms with van der Waals surface area (Å²) in [5.41, 5.74) is 2.69. The molecule has 8 heteroatoms. The van der Waals surface area contributed by atoms with Crippen LogP contribution in [0.3, 0.4) is 0 Å². The van der Waals surface area contributed by atoms with Gasteiger partial charge in [0, 0.05) is 44.2 Å². The molecule has 0 radical (unpaired) electrons. The lowest BCUT2D eigenvalue weighted by molar-refractivity contribution is -0.136. The van der Waals surface area contributed by atoms with E-state index >= 15 is 0 Å². The third-order valence-electron chi connectivity index (χ3n) is 5.80. The van der Waals surface area contributed by atoms with E-state index in [0.29, 0.717) is 17.7 Å². The molecule has 3 rings (SSSR count). The molecule has 0 spiro atoms. The Hall–Kier alpha value is -2.32. The summed E-state index contributed by atoms with van der Waals surface area (Å²) in [4.78, 5) is 14.6. The molecule has 2 aromatic rings. The van der Waals surface area contributed by atoms with Gasteiger partial charge in [-0.15, -0.1) is 0 Å². The van der Waals surface area contributed by atoms with Crippen molar-refractivity contribution in [1.29, 1.82) is 0 Å². The summed E-state index contributed by atoms with van der Waals surface area (Å²) in [6.45, 7) is 6.07. The van der Waals surface area contributed by atoms with Crippen LogP contribution < -0.4 is 0 Å². The minimum Gasteiger partial charge on any atom is -0.341 e. The van der Waals surface area contributed by atoms with Crippen LogP contribution in [0.15, 0.2) is 35.2 Å². The quantitative estimate of drug-likeness (QED) is 0.693. The van der Waals surface area contributed by atoms with Crippen molar-refractivity contribution < 1.29 is 22.0 Å². The zero-order chi connectivity index (χ0) is 22.9. The third-order valence-corrected chi connectivity index (χ3v) is 8.01. The first-order chi connectivity index (χ1) is 14.5. The van der Waals surface area contributed by atoms with Crippen molar-refractivity contribution in [2.45, 2.75) is 45.1 Å². The maximum absolute atomic E-state index is 13.9. The number of aryl methyl sites for hydroxylation is 3. The molecule has 0 saturated carbocycles. The summed E-state index contributed by atoms with van der Waals surface area (Å²) in [5.74, 6) is -1.85. The first-order valence-electron chi connectivity index (χ1n) is 10.3. The van der Waals surface area contributed by atoms with E-state index in [2.05, 4.69) is 0 Å². The molecule has 0 bridgehead atoms. The number of hydrogen-bond acceptors (Lipinski definition) is 3. The van der Waals surface area contributed by atoms with Crippen LogP contribution in [0.2, 0.25) is 0 Å². The lowest BCUT2D eigenvalue weighted by Gasteiger charge is -2.33. The largest absolute Gasteiger partial charge is 0.341 e. The minimum absolute atomic E-state index is 0.0330. The highest BCUT2D eigenvalue weighted by atomic mass is 32.2. The van der Waals surface area contributed by atoms with E-state index in [4.69, 9.17) is 0 Å². The van der Waals surface area contributed by atoms with Crippen molar-refractivity contribution in [2.24, 2.45) is 5.92 Å². The topological polar surface area (TPSA) is 57.7 Å². The van der Waals surface area contributed by atoms with Crippen LogP contribution >= 0.6 is 0 Å². The molecular formula is C23H28F2N2O3S. The predicted molar refractivity (Wildman–Crippen MR) is 115 cm³/mol. The Kier molecular flexibility index (Phi) is 6.81. The van der Waals surface area contributed by atoms with Crippen molar-refractivity contribution in [3.63, 3.8) is 0 Å². The predicted octanol–water partition coefficient (Wildman–Crippen LogP) is 3.95. The second-order valence-corrected chi connectivity index (χ2v) is 10.2. The van der Waals surface area contributed by atoms with E-state index in [0.717, 1.165) is 28.8 Å². The molecule has 1 aliphatic heterocycles. The third kappa shape index (κ3) is 4.96. The number of rotatable bonds is 5. The van der Waals surface area contributed by atoms with E-state index in [1.165, 1.54) is 15.3 Å². The van der Waals surface area contributed by atoms with Gasteiger partial charge in [0.15, 0.2) is 0 Å². The number of carbonyl (C=O) groups is 1. The van der Waals surface area contributed by atoms with Crippen LogP contribution in [0.1, 0.15) is 35.1 Å². The van der Waals surface area contributed by atoms with Crippen molar-refractivity contribution in [3.05, 3.63) is 64.2 Å². The molecule has 0 aromatic heterocycles. The molecule has 5 nitrogen and oxygen atoms in total. The molecule has 0 N–H and O–H groups in total. The lowest BCUT2D eigenvalue weighted by Crippen LogP contribution is -2.43. The summed E-state index contributed by atoms with van der Waals surface area (Å²) < 4.78 is 54.9. The maximum Gasteiger partial charge on any atom is 0.243 e. The van der Waals surface area contributed by atoms with Gasteiger partial charge in [0.25, 0.3) is 0 Å². The number of halogens is 2. The summed E-state index contributed by atoms with van der Waals surface area (Å²) >= 11 is 0. The van der Waals surface area contributed by atoms with E-state index in [-0.39, 0.29) is 37.0 Å². The number of nitrogens with zero attached hydrogens (tertiary/aromatic N) is 2. The second-order valence-electron chi connectivity index (χ2n) is 8.34. The number of carbonyl (C=O) groups excluding carboxylic acids is 1. The van der Waals surface area contributed by atoms with Crippen LogP contribution in [-0.4, -0.2) is 43.7 Å². The molecule has 168 valence electrons. The van der Waals surface area contributed by atoms with Crippen molar-refractivity contribution in [3.8, 4) is 0 Å². The Morgan fingerprint density at radius 2 is 1.65 bits per heavy atom. The molecule has 0 unspecified atom stereocenters. The zero-order valence-electron chi connectivity index (χ0n) is 18.3. The van der Waals surface area contributed by atoms with E-state index in [9.17, 15) is 22.0 Å². The number of amides is 1. The molecule has 0 atom stereocenters. The van der Waals surface area contributed by atoms with E-state index in [1.54, 1.807) is 20.9 Å². The molecule has 1 heterocycles. The van der Waals surface area contributed by atoms with Gasteiger partial charge in [-0.3, -0.25) is 4.79 Å². The number of sulfonamides is 1. The van der Waals surface area contributed by atoms with Gasteiger partial charge in [-0.1, -0.05) is 23.8 Å². The van der Waals surface area contributed by atoms with Gasteiger partial charge in [-0.25, -0.2) is 17.2 Å². The zero-order valence-corrected chi connectivity index (χ0v) is 19.1. The number of piperidine rings is 1. The van der Waals surface area contributed by atoms with Crippen LogP contribution in [0.25, 0.3) is 0 Å². The van der Waals surface area contributed by atoms with Gasteiger partial charge < -0.3 is 4.90 Å². The second kappa shape index (κ2) is 9.04. The van der Waals surface area contributed by atoms with Gasteiger partial charge in [0.2, 0.25) is 15.9 Å². The Labute approximate surface area is 182 Å². The highest BCUT2D eigenvalue weighted by molar-refractivity contribution is 7.89. The lowest BCUT2D eigenvalue weighted by atomic mass is 9.96. The first-order valence-corrected chi connectivity index (χ1v) is 11.7. The highest BCUT2D eigenvalue weighted by Crippen LogP contribution is 2.29. The van der Waals surface area contributed by atoms with Gasteiger partial charge in [0.05, 0.1) is 4.90 Å². The Bertz CT molecular complexity index is 1070. The highest BCUT2D eigenvalue weighted by Gasteiger charge is 2.34. The SMILES string of the molecule is Cc1cc(C)c(S(=O)(=O)N2CCC(C(=O)N(C)Cc3ccc(F)cc3F)CC2)c(C)c1. The minimum atomic E-state index is -3.64. The monoisotopic (exact) mass is 450 g/mol. The molecule has 1 amide bonds. The molecule has 1 saturated heterocycles. The van der Waals surface area contributed by atoms with Gasteiger partial charge in [0.1, 0.15) is 11.6 Å². The summed E-state index contributed by atoms with van der Waals surface area (Å²) in [6.07, 6.45) is 0.802. The van der Waals surface area contributed by atoms with Gasteiger partial charge >= 0.3 is 0 Å². The standard InChI is InChI=1S/C23H28F2N2O3S/c1-15-11-16(2)22(17(3)12-15)31(29,30)27-9-7-18(8-10-27)23(28)26(4)14-19-5-6-20(24)13-21(19)25/h5-6,11-13,18H,7-10,14H2,1-4H3. The Morgan fingerprint density at radius 1 is 1.06 bits per heavy atom. The molecule has 0 aliphatic carbocycles. The molecule has 2 aromatic carbocycles. The summed E-state index contributed by atoms with van der Waals surface area (Å²) in [6, 6.07) is 7.01. The van der Waals surface area contributed by atoms with Gasteiger partial charge in [-0.2, -0.15) is 4.31 Å². The average Bonchev–Trinajstić information content (AvgIpc) is 2.68. The normalized spacial score (nSPS) is 15.8. The van der Waals surface area contributed by atoms with Crippen molar-refractivity contribution >= 4 is 15.9 Å². The Balaban J connectivity index is 1.66. The van der Waals surface area contributed by atoms with Crippen LogP contribution in [-0.2, 0) is 21.4 Å². The smallest absolute Gasteiger partial charge is 0.243 e. The fourth-order valence-corrected chi connectivity index (χ4v) is 6.22. The van der Waals surface area contributed by atoms with Crippen LogP contribution in [0.5, 0.6) is 0 Å². The van der Waals surface area contributed by atoms with Crippen molar-refractivity contribution in [1.82, 2.24) is 9.21 Å². The molecule has 1 aliphatic rings. The summed E-state index contributed by atoms with van der Waals surface area (Å²) in [5, 5.41) is 0. The molecule has 31 heavy (non-hydrogen) atoms. The van der Waals surface area contributed by atoms with E-state index < -0.39 is 21.7 Å². The average molecular weight is 451 g/mol. The Morgan fingerprint density at radius 3 is 2.19 bits per heavy atom. The number of benzene rings is 2. The fraction of sp³-hybridized carbons (Fsp3) is 0.435. The first kappa shape index (κ1) is 23.3. The van der Waals surface area contributed by atoms with Crippen LogP contribution in [0.4, 0.5) is 8.78 Å². The molecule has 1 fully saturated rings. The number of hydrogen-bond donors (Lipinski definition) is 0. The van der Waals surface area contributed by atoms with Gasteiger partial charge in [-0.05, 0) is 50.8 Å². The maximum atomic E-state index is 13.9. The van der Waals surface area contributed by atoms with E-state index in [1.807, 2.05) is 19.1 Å². The summed E-state index contributed by atoms with van der Waals surface area (Å²) in [7, 11) is -2.07. The van der Waals surface area contributed by atoms with Crippen LogP contribution in [0, 0.1) is 38.3 Å². The van der Waals surface area contributed by atoms with Crippen molar-refractivity contribution in [2.75, 3.05) is 20.1 Å². The fourth-order valence-electron chi connectivity index (χ4n) is 4.34.